The summed E-state index contributed by atoms with van der Waals surface area (Å²) < 4.78 is 0. The van der Waals surface area contributed by atoms with E-state index in [1.54, 1.807) is 30.0 Å². The second-order valence-corrected chi connectivity index (χ2v) is 7.03. The van der Waals surface area contributed by atoms with Crippen molar-refractivity contribution in [2.45, 2.75) is 16.3 Å². The monoisotopic (exact) mass is 375 g/mol. The molecule has 0 amide bonds. The number of para-hydroxylation sites is 1. The first-order valence-corrected chi connectivity index (χ1v) is 8.94. The Morgan fingerprint density at radius 3 is 2.25 bits per heavy atom. The fourth-order valence-electron chi connectivity index (χ4n) is 2.24. The van der Waals surface area contributed by atoms with Gasteiger partial charge in [0.05, 0.1) is 15.7 Å². The lowest BCUT2D eigenvalue weighted by Crippen LogP contribution is -2.01. The molecule has 3 aromatic carbocycles. The van der Waals surface area contributed by atoms with E-state index in [1.165, 1.54) is 0 Å². The maximum atomic E-state index is 10.00. The van der Waals surface area contributed by atoms with Gasteiger partial charge in [0, 0.05) is 16.3 Å². The van der Waals surface area contributed by atoms with Crippen molar-refractivity contribution in [3.63, 3.8) is 0 Å². The van der Waals surface area contributed by atoms with Crippen LogP contribution in [0.2, 0.25) is 10.0 Å². The lowest BCUT2D eigenvalue weighted by Gasteiger charge is -2.13. The first-order valence-electron chi connectivity index (χ1n) is 7.37. The van der Waals surface area contributed by atoms with E-state index < -0.39 is 0 Å². The molecule has 0 saturated heterocycles. The first kappa shape index (κ1) is 17.0. The molecule has 0 spiro atoms. The average molecular weight is 376 g/mol. The highest BCUT2D eigenvalue weighted by Crippen LogP contribution is 2.36. The average Bonchev–Trinajstić information content (AvgIpc) is 2.59. The lowest BCUT2D eigenvalue weighted by molar-refractivity contribution is 0.477. The SMILES string of the molecule is Oc1c(Cl)cccc1NCc1ccccc1Sc1ccccc1Cl. The summed E-state index contributed by atoms with van der Waals surface area (Å²) in [4.78, 5) is 2.12. The molecule has 0 bridgehead atoms. The van der Waals surface area contributed by atoms with Gasteiger partial charge in [-0.3, -0.25) is 0 Å². The van der Waals surface area contributed by atoms with Crippen LogP contribution in [0.5, 0.6) is 5.75 Å². The largest absolute Gasteiger partial charge is 0.504 e. The van der Waals surface area contributed by atoms with Crippen LogP contribution in [0.3, 0.4) is 0 Å². The van der Waals surface area contributed by atoms with Gasteiger partial charge in [-0.25, -0.2) is 0 Å². The molecule has 0 aliphatic heterocycles. The van der Waals surface area contributed by atoms with Crippen LogP contribution in [-0.4, -0.2) is 5.11 Å². The molecule has 0 fully saturated rings. The van der Waals surface area contributed by atoms with Gasteiger partial charge in [-0.05, 0) is 35.9 Å². The summed E-state index contributed by atoms with van der Waals surface area (Å²) in [5.41, 5.74) is 1.72. The van der Waals surface area contributed by atoms with Crippen LogP contribution in [0.15, 0.2) is 76.5 Å². The maximum Gasteiger partial charge on any atom is 0.157 e. The van der Waals surface area contributed by atoms with E-state index in [9.17, 15) is 5.11 Å². The van der Waals surface area contributed by atoms with E-state index in [2.05, 4.69) is 11.4 Å². The van der Waals surface area contributed by atoms with Gasteiger partial charge in [-0.2, -0.15) is 0 Å². The quantitative estimate of drug-likeness (QED) is 0.501. The molecular formula is C19H15Cl2NOS. The second-order valence-electron chi connectivity index (χ2n) is 5.13. The molecule has 0 aromatic heterocycles. The van der Waals surface area contributed by atoms with Crippen LogP contribution >= 0.6 is 35.0 Å². The minimum Gasteiger partial charge on any atom is -0.504 e. The normalized spacial score (nSPS) is 10.6. The Kier molecular flexibility index (Phi) is 5.56. The van der Waals surface area contributed by atoms with Gasteiger partial charge in [0.25, 0.3) is 0 Å². The summed E-state index contributed by atoms with van der Waals surface area (Å²) >= 11 is 13.8. The van der Waals surface area contributed by atoms with E-state index in [0.717, 1.165) is 20.4 Å². The second kappa shape index (κ2) is 7.84. The summed E-state index contributed by atoms with van der Waals surface area (Å²) in [6.07, 6.45) is 0. The highest BCUT2D eigenvalue weighted by atomic mass is 35.5. The number of anilines is 1. The number of rotatable bonds is 5. The molecule has 0 heterocycles. The van der Waals surface area contributed by atoms with Crippen molar-refractivity contribution in [2.75, 3.05) is 5.32 Å². The Balaban J connectivity index is 1.80. The summed E-state index contributed by atoms with van der Waals surface area (Å²) in [7, 11) is 0. The molecule has 0 unspecified atom stereocenters. The topological polar surface area (TPSA) is 32.3 Å². The van der Waals surface area contributed by atoms with Crippen LogP contribution in [0, 0.1) is 0 Å². The van der Waals surface area contributed by atoms with Gasteiger partial charge in [0.1, 0.15) is 0 Å². The number of benzene rings is 3. The first-order chi connectivity index (χ1) is 11.6. The van der Waals surface area contributed by atoms with Crippen molar-refractivity contribution >= 4 is 40.7 Å². The Morgan fingerprint density at radius 1 is 0.792 bits per heavy atom. The van der Waals surface area contributed by atoms with Gasteiger partial charge in [-0.15, -0.1) is 0 Å². The number of halogens is 2. The van der Waals surface area contributed by atoms with Crippen LogP contribution in [0.1, 0.15) is 5.56 Å². The van der Waals surface area contributed by atoms with Crippen molar-refractivity contribution in [1.29, 1.82) is 0 Å². The molecule has 3 aromatic rings. The zero-order chi connectivity index (χ0) is 16.9. The van der Waals surface area contributed by atoms with Gasteiger partial charge >= 0.3 is 0 Å². The minimum atomic E-state index is 0.0652. The third kappa shape index (κ3) is 3.99. The summed E-state index contributed by atoms with van der Waals surface area (Å²) in [5, 5.41) is 14.3. The predicted octanol–water partition coefficient (Wildman–Crippen LogP) is 6.46. The van der Waals surface area contributed by atoms with Gasteiger partial charge in [-0.1, -0.05) is 71.4 Å². The molecule has 3 rings (SSSR count). The Labute approximate surface area is 155 Å². The number of aromatic hydroxyl groups is 1. The lowest BCUT2D eigenvalue weighted by atomic mass is 10.2. The standard InChI is InChI=1S/C19H15Cl2NOS/c20-14-7-2-4-11-18(14)24-17-10-3-1-6-13(17)12-22-16-9-5-8-15(21)19(16)23/h1-11,22-23H,12H2. The number of nitrogens with one attached hydrogen (secondary N) is 1. The van der Waals surface area contributed by atoms with Crippen molar-refractivity contribution < 1.29 is 5.11 Å². The Bertz CT molecular complexity index is 854. The molecular weight excluding hydrogens is 361 g/mol. The molecule has 0 atom stereocenters. The van der Waals surface area contributed by atoms with Gasteiger partial charge in [0.15, 0.2) is 5.75 Å². The fraction of sp³-hybridized carbons (Fsp3) is 0.0526. The summed E-state index contributed by atoms with van der Waals surface area (Å²) in [6.45, 7) is 0.571. The number of phenols is 1. The third-order valence-corrected chi connectivity index (χ3v) is 5.43. The Hall–Kier alpha value is -1.81. The molecule has 0 saturated carbocycles. The number of hydrogen-bond acceptors (Lipinski definition) is 3. The predicted molar refractivity (Wildman–Crippen MR) is 102 cm³/mol. The molecule has 122 valence electrons. The van der Waals surface area contributed by atoms with Crippen LogP contribution in [0.4, 0.5) is 5.69 Å². The minimum absolute atomic E-state index is 0.0652. The van der Waals surface area contributed by atoms with E-state index in [1.807, 2.05) is 42.5 Å². The molecule has 0 aliphatic rings. The van der Waals surface area contributed by atoms with E-state index in [4.69, 9.17) is 23.2 Å². The number of phenolic OH excluding ortho intramolecular Hbond substituents is 1. The van der Waals surface area contributed by atoms with Crippen molar-refractivity contribution in [3.8, 4) is 5.75 Å². The van der Waals surface area contributed by atoms with Crippen molar-refractivity contribution in [2.24, 2.45) is 0 Å². The fourth-order valence-corrected chi connectivity index (χ4v) is 3.64. The molecule has 24 heavy (non-hydrogen) atoms. The third-order valence-electron chi connectivity index (χ3n) is 3.49. The van der Waals surface area contributed by atoms with E-state index in [-0.39, 0.29) is 5.75 Å². The highest BCUT2D eigenvalue weighted by Gasteiger charge is 2.09. The molecule has 0 aliphatic carbocycles. The molecule has 0 radical (unpaired) electrons. The molecule has 5 heteroatoms. The molecule has 2 nitrogen and oxygen atoms in total. The van der Waals surface area contributed by atoms with Crippen LogP contribution < -0.4 is 5.32 Å². The van der Waals surface area contributed by atoms with Crippen molar-refractivity contribution in [3.05, 3.63) is 82.3 Å². The zero-order valence-electron chi connectivity index (χ0n) is 12.7. The Morgan fingerprint density at radius 2 is 1.46 bits per heavy atom. The maximum absolute atomic E-state index is 10.00. The highest BCUT2D eigenvalue weighted by molar-refractivity contribution is 7.99. The van der Waals surface area contributed by atoms with Gasteiger partial charge < -0.3 is 10.4 Å². The van der Waals surface area contributed by atoms with Crippen LogP contribution in [0.25, 0.3) is 0 Å². The van der Waals surface area contributed by atoms with Crippen molar-refractivity contribution in [1.82, 2.24) is 0 Å². The van der Waals surface area contributed by atoms with E-state index >= 15 is 0 Å². The molecule has 2 N–H and O–H groups in total. The smallest absolute Gasteiger partial charge is 0.157 e. The van der Waals surface area contributed by atoms with Crippen LogP contribution in [-0.2, 0) is 6.54 Å². The summed E-state index contributed by atoms with van der Waals surface area (Å²) in [6, 6.07) is 21.1. The zero-order valence-corrected chi connectivity index (χ0v) is 15.0. The number of hydrogen-bond donors (Lipinski definition) is 2. The van der Waals surface area contributed by atoms with Gasteiger partial charge in [0.2, 0.25) is 0 Å². The summed E-state index contributed by atoms with van der Waals surface area (Å²) in [5.74, 6) is 0.0652. The van der Waals surface area contributed by atoms with E-state index in [0.29, 0.717) is 17.3 Å².